The number of hydrogen-bond acceptors (Lipinski definition) is 4. The maximum Gasteiger partial charge on any atom is 0.233 e. The molecule has 1 heterocycles. The molecule has 0 bridgehead atoms. The van der Waals surface area contributed by atoms with Crippen LogP contribution in [-0.4, -0.2) is 18.6 Å². The van der Waals surface area contributed by atoms with Gasteiger partial charge in [0.25, 0.3) is 0 Å². The van der Waals surface area contributed by atoms with Crippen molar-refractivity contribution in [2.45, 2.75) is 33.1 Å². The van der Waals surface area contributed by atoms with E-state index < -0.39 is 0 Å². The van der Waals surface area contributed by atoms with Crippen LogP contribution in [0.4, 0.5) is 11.4 Å². The second-order valence-electron chi connectivity index (χ2n) is 6.54. The molecular formula is C20H22N2O4. The molecule has 0 unspecified atom stereocenters. The van der Waals surface area contributed by atoms with Crippen molar-refractivity contribution in [2.24, 2.45) is 0 Å². The number of carbonyl (C=O) groups is 2. The summed E-state index contributed by atoms with van der Waals surface area (Å²) in [6.07, 6.45) is -0.264. The van der Waals surface area contributed by atoms with E-state index in [1.54, 1.807) is 18.2 Å². The smallest absolute Gasteiger partial charge is 0.233 e. The molecule has 2 amide bonds. The zero-order valence-electron chi connectivity index (χ0n) is 15.1. The number of fused-ring (bicyclic) bond motifs is 1. The van der Waals surface area contributed by atoms with Gasteiger partial charge in [-0.2, -0.15) is 0 Å². The molecule has 1 aliphatic rings. The minimum Gasteiger partial charge on any atom is -0.454 e. The number of anilines is 2. The largest absolute Gasteiger partial charge is 0.454 e. The molecule has 2 N–H and O–H groups in total. The molecule has 0 fully saturated rings. The molecule has 26 heavy (non-hydrogen) atoms. The third-order valence-electron chi connectivity index (χ3n) is 4.17. The van der Waals surface area contributed by atoms with Crippen LogP contribution < -0.4 is 20.1 Å². The molecule has 2 aromatic rings. The highest BCUT2D eigenvalue weighted by Gasteiger charge is 2.17. The molecule has 0 radical (unpaired) electrons. The number of ether oxygens (including phenoxy) is 2. The topological polar surface area (TPSA) is 76.7 Å². The van der Waals surface area contributed by atoms with Gasteiger partial charge in [0, 0.05) is 17.4 Å². The van der Waals surface area contributed by atoms with Gasteiger partial charge in [-0.15, -0.1) is 0 Å². The molecule has 0 aromatic heterocycles. The van der Waals surface area contributed by atoms with E-state index in [0.29, 0.717) is 17.2 Å². The normalized spacial score (nSPS) is 12.2. The summed E-state index contributed by atoms with van der Waals surface area (Å²) in [5.41, 5.74) is 3.37. The number of carbonyl (C=O) groups excluding carboxylic acids is 2. The Morgan fingerprint density at radius 3 is 2.54 bits per heavy atom. The highest BCUT2D eigenvalue weighted by molar-refractivity contribution is 6.08. The Morgan fingerprint density at radius 2 is 1.77 bits per heavy atom. The number of benzene rings is 2. The summed E-state index contributed by atoms with van der Waals surface area (Å²) in [6.45, 7) is 6.24. The molecule has 136 valence electrons. The van der Waals surface area contributed by atoms with Gasteiger partial charge in [-0.3, -0.25) is 9.59 Å². The Morgan fingerprint density at radius 1 is 1.04 bits per heavy atom. The maximum absolute atomic E-state index is 12.3. The van der Waals surface area contributed by atoms with Crippen molar-refractivity contribution >= 4 is 23.2 Å². The summed E-state index contributed by atoms with van der Waals surface area (Å²) < 4.78 is 10.5. The number of para-hydroxylation sites is 1. The average molecular weight is 354 g/mol. The Hall–Kier alpha value is -3.02. The van der Waals surface area contributed by atoms with E-state index in [0.717, 1.165) is 16.8 Å². The van der Waals surface area contributed by atoms with Crippen LogP contribution in [0.15, 0.2) is 36.4 Å². The highest BCUT2D eigenvalue weighted by Crippen LogP contribution is 2.34. The fraction of sp³-hybridized carbons (Fsp3) is 0.300. The predicted octanol–water partition coefficient (Wildman–Crippen LogP) is 3.81. The standard InChI is InChI=1S/C20H22N2O4/c1-12(2)15-6-4-5-13(3)20(15)22-19(24)10-18(23)21-14-7-8-16-17(9-14)26-11-25-16/h4-9,12H,10-11H2,1-3H3,(H,21,23)(H,22,24). The van der Waals surface area contributed by atoms with Crippen LogP contribution in [0.5, 0.6) is 11.5 Å². The van der Waals surface area contributed by atoms with Gasteiger partial charge in [0.15, 0.2) is 11.5 Å². The number of rotatable bonds is 5. The van der Waals surface area contributed by atoms with Gasteiger partial charge in [-0.1, -0.05) is 32.0 Å². The van der Waals surface area contributed by atoms with Crippen LogP contribution in [0.25, 0.3) is 0 Å². The quantitative estimate of drug-likeness (QED) is 0.801. The second kappa shape index (κ2) is 7.47. The van der Waals surface area contributed by atoms with Crippen LogP contribution in [0.1, 0.15) is 37.3 Å². The zero-order valence-corrected chi connectivity index (χ0v) is 15.1. The first-order valence-electron chi connectivity index (χ1n) is 8.53. The van der Waals surface area contributed by atoms with Gasteiger partial charge in [0.05, 0.1) is 0 Å². The lowest BCUT2D eigenvalue weighted by Crippen LogP contribution is -2.22. The first-order chi connectivity index (χ1) is 12.4. The van der Waals surface area contributed by atoms with Crippen LogP contribution in [0.3, 0.4) is 0 Å². The van der Waals surface area contributed by atoms with E-state index in [-0.39, 0.29) is 30.9 Å². The molecule has 1 aliphatic heterocycles. The predicted molar refractivity (Wildman–Crippen MR) is 99.7 cm³/mol. The molecule has 6 nitrogen and oxygen atoms in total. The van der Waals surface area contributed by atoms with Crippen LogP contribution >= 0.6 is 0 Å². The van der Waals surface area contributed by atoms with Crippen molar-refractivity contribution in [3.05, 3.63) is 47.5 Å². The third-order valence-corrected chi connectivity index (χ3v) is 4.17. The SMILES string of the molecule is Cc1cccc(C(C)C)c1NC(=O)CC(=O)Nc1ccc2c(c1)OCO2. The summed E-state index contributed by atoms with van der Waals surface area (Å²) in [6, 6.07) is 11.0. The number of amides is 2. The van der Waals surface area contributed by atoms with Crippen LogP contribution in [-0.2, 0) is 9.59 Å². The van der Waals surface area contributed by atoms with Gasteiger partial charge >= 0.3 is 0 Å². The third kappa shape index (κ3) is 3.96. The molecule has 0 aliphatic carbocycles. The Labute approximate surface area is 152 Å². The Kier molecular flexibility index (Phi) is 5.11. The molecule has 2 aromatic carbocycles. The van der Waals surface area contributed by atoms with Crippen molar-refractivity contribution in [2.75, 3.05) is 17.4 Å². The van der Waals surface area contributed by atoms with Gasteiger partial charge in [-0.25, -0.2) is 0 Å². The summed E-state index contributed by atoms with van der Waals surface area (Å²) >= 11 is 0. The minimum atomic E-state index is -0.388. The Balaban J connectivity index is 1.63. The van der Waals surface area contributed by atoms with Gasteiger partial charge in [0.2, 0.25) is 18.6 Å². The van der Waals surface area contributed by atoms with Crippen molar-refractivity contribution in [1.82, 2.24) is 0 Å². The van der Waals surface area contributed by atoms with Crippen molar-refractivity contribution < 1.29 is 19.1 Å². The van der Waals surface area contributed by atoms with Gasteiger partial charge in [-0.05, 0) is 36.1 Å². The van der Waals surface area contributed by atoms with E-state index in [2.05, 4.69) is 24.5 Å². The van der Waals surface area contributed by atoms with E-state index in [9.17, 15) is 9.59 Å². The molecule has 0 saturated carbocycles. The number of nitrogens with one attached hydrogen (secondary N) is 2. The van der Waals surface area contributed by atoms with E-state index in [1.165, 1.54) is 0 Å². The molecule has 0 atom stereocenters. The molecule has 0 saturated heterocycles. The lowest BCUT2D eigenvalue weighted by atomic mass is 9.98. The average Bonchev–Trinajstić information content (AvgIpc) is 3.04. The molecule has 3 rings (SSSR count). The van der Waals surface area contributed by atoms with E-state index in [1.807, 2.05) is 25.1 Å². The van der Waals surface area contributed by atoms with Crippen LogP contribution in [0, 0.1) is 6.92 Å². The zero-order chi connectivity index (χ0) is 18.7. The lowest BCUT2D eigenvalue weighted by molar-refractivity contribution is -0.123. The summed E-state index contributed by atoms with van der Waals surface area (Å²) in [5.74, 6) is 0.753. The highest BCUT2D eigenvalue weighted by atomic mass is 16.7. The maximum atomic E-state index is 12.3. The van der Waals surface area contributed by atoms with Gasteiger partial charge in [0.1, 0.15) is 6.42 Å². The molecular weight excluding hydrogens is 332 g/mol. The first kappa shape index (κ1) is 17.8. The summed E-state index contributed by atoms with van der Waals surface area (Å²) in [4.78, 5) is 24.5. The Bertz CT molecular complexity index is 846. The van der Waals surface area contributed by atoms with Crippen LogP contribution in [0.2, 0.25) is 0 Å². The van der Waals surface area contributed by atoms with Gasteiger partial charge < -0.3 is 20.1 Å². The first-order valence-corrected chi connectivity index (χ1v) is 8.53. The summed E-state index contributed by atoms with van der Waals surface area (Å²) in [5, 5.41) is 5.58. The van der Waals surface area contributed by atoms with Crippen molar-refractivity contribution in [3.63, 3.8) is 0 Å². The summed E-state index contributed by atoms with van der Waals surface area (Å²) in [7, 11) is 0. The molecule has 0 spiro atoms. The number of hydrogen-bond donors (Lipinski definition) is 2. The van der Waals surface area contributed by atoms with Crippen molar-refractivity contribution in [3.8, 4) is 11.5 Å². The van der Waals surface area contributed by atoms with E-state index >= 15 is 0 Å². The monoisotopic (exact) mass is 354 g/mol. The molecule has 6 heteroatoms. The van der Waals surface area contributed by atoms with E-state index in [4.69, 9.17) is 9.47 Å². The second-order valence-corrected chi connectivity index (χ2v) is 6.54. The van der Waals surface area contributed by atoms with Crippen molar-refractivity contribution in [1.29, 1.82) is 0 Å². The fourth-order valence-corrected chi connectivity index (χ4v) is 2.85. The fourth-order valence-electron chi connectivity index (χ4n) is 2.85. The minimum absolute atomic E-state index is 0.170. The lowest BCUT2D eigenvalue weighted by Gasteiger charge is -2.16. The number of aryl methyl sites for hydroxylation is 1.